The Hall–Kier alpha value is -0.870. The zero-order chi connectivity index (χ0) is 11.1. The summed E-state index contributed by atoms with van der Waals surface area (Å²) in [6.45, 7) is 7.93. The zero-order valence-corrected chi connectivity index (χ0v) is 9.92. The smallest absolute Gasteiger partial charge is 0.151 e. The van der Waals surface area contributed by atoms with Crippen molar-refractivity contribution < 1.29 is 4.52 Å². The lowest BCUT2D eigenvalue weighted by molar-refractivity contribution is 0.272. The molecule has 4 nitrogen and oxygen atoms in total. The van der Waals surface area contributed by atoms with Gasteiger partial charge in [0.1, 0.15) is 0 Å². The lowest BCUT2D eigenvalue weighted by atomic mass is 10.3. The maximum Gasteiger partial charge on any atom is 0.151 e. The molecule has 4 heteroatoms. The third-order valence-electron chi connectivity index (χ3n) is 2.19. The number of aromatic nitrogens is 1. The number of rotatable bonds is 7. The fourth-order valence-electron chi connectivity index (χ4n) is 1.49. The van der Waals surface area contributed by atoms with Crippen molar-refractivity contribution >= 4 is 0 Å². The summed E-state index contributed by atoms with van der Waals surface area (Å²) in [6, 6.07) is 2.02. The van der Waals surface area contributed by atoms with E-state index in [-0.39, 0.29) is 0 Å². The average molecular weight is 211 g/mol. The summed E-state index contributed by atoms with van der Waals surface area (Å²) in [5, 5.41) is 7.22. The van der Waals surface area contributed by atoms with E-state index in [9.17, 15) is 0 Å². The third-order valence-corrected chi connectivity index (χ3v) is 2.19. The summed E-state index contributed by atoms with van der Waals surface area (Å²) < 4.78 is 5.25. The maximum atomic E-state index is 5.25. The second-order valence-corrected chi connectivity index (χ2v) is 3.80. The van der Waals surface area contributed by atoms with Crippen LogP contribution in [0.2, 0.25) is 0 Å². The highest BCUT2D eigenvalue weighted by Gasteiger charge is 2.05. The van der Waals surface area contributed by atoms with Gasteiger partial charge in [-0.05, 0) is 26.6 Å². The lowest BCUT2D eigenvalue weighted by Crippen LogP contribution is -2.18. The summed E-state index contributed by atoms with van der Waals surface area (Å²) >= 11 is 0. The summed E-state index contributed by atoms with van der Waals surface area (Å²) in [5.74, 6) is 0.943. The molecule has 0 unspecified atom stereocenters. The van der Waals surface area contributed by atoms with Gasteiger partial charge in [-0.1, -0.05) is 19.0 Å². The first kappa shape index (κ1) is 12.2. The van der Waals surface area contributed by atoms with Crippen LogP contribution >= 0.6 is 0 Å². The van der Waals surface area contributed by atoms with E-state index in [0.29, 0.717) is 0 Å². The highest BCUT2D eigenvalue weighted by molar-refractivity contribution is 5.04. The molecule has 0 saturated carbocycles. The molecule has 0 aliphatic heterocycles. The van der Waals surface area contributed by atoms with Crippen LogP contribution < -0.4 is 5.32 Å². The molecule has 0 aliphatic carbocycles. The van der Waals surface area contributed by atoms with Crippen LogP contribution in [-0.2, 0) is 13.1 Å². The molecule has 0 aliphatic rings. The molecule has 0 spiro atoms. The molecule has 86 valence electrons. The van der Waals surface area contributed by atoms with Crippen molar-refractivity contribution in [3.8, 4) is 0 Å². The van der Waals surface area contributed by atoms with Crippen LogP contribution in [0.5, 0.6) is 0 Å². The van der Waals surface area contributed by atoms with Crippen molar-refractivity contribution in [2.75, 3.05) is 20.1 Å². The molecule has 0 amide bonds. The van der Waals surface area contributed by atoms with E-state index in [1.54, 1.807) is 0 Å². The van der Waals surface area contributed by atoms with Gasteiger partial charge < -0.3 is 9.84 Å². The van der Waals surface area contributed by atoms with Crippen LogP contribution in [0.25, 0.3) is 0 Å². The molecular weight excluding hydrogens is 190 g/mol. The molecule has 1 N–H and O–H groups in total. The highest BCUT2D eigenvalue weighted by Crippen LogP contribution is 2.06. The highest BCUT2D eigenvalue weighted by atomic mass is 16.5. The predicted molar refractivity (Wildman–Crippen MR) is 60.5 cm³/mol. The number of hydrogen-bond acceptors (Lipinski definition) is 4. The van der Waals surface area contributed by atoms with Crippen molar-refractivity contribution in [3.05, 3.63) is 17.5 Å². The van der Waals surface area contributed by atoms with Crippen LogP contribution in [-0.4, -0.2) is 30.2 Å². The minimum atomic E-state index is 0.789. The van der Waals surface area contributed by atoms with Gasteiger partial charge in [0.2, 0.25) is 0 Å². The second kappa shape index (κ2) is 6.58. The molecule has 1 aromatic heterocycles. The largest absolute Gasteiger partial charge is 0.360 e. The number of nitrogens with one attached hydrogen (secondary N) is 1. The van der Waals surface area contributed by atoms with Gasteiger partial charge in [-0.15, -0.1) is 0 Å². The summed E-state index contributed by atoms with van der Waals surface area (Å²) in [4.78, 5) is 2.23. The Bertz CT molecular complexity index is 273. The molecule has 0 saturated heterocycles. The molecule has 0 atom stereocenters. The quantitative estimate of drug-likeness (QED) is 0.744. The van der Waals surface area contributed by atoms with Crippen LogP contribution in [0.3, 0.4) is 0 Å². The maximum absolute atomic E-state index is 5.25. The molecule has 0 aromatic carbocycles. The predicted octanol–water partition coefficient (Wildman–Crippen LogP) is 1.63. The van der Waals surface area contributed by atoms with E-state index in [2.05, 4.69) is 36.3 Å². The fourth-order valence-corrected chi connectivity index (χ4v) is 1.49. The van der Waals surface area contributed by atoms with Gasteiger partial charge in [0.25, 0.3) is 0 Å². The fraction of sp³-hybridized carbons (Fsp3) is 0.727. The van der Waals surface area contributed by atoms with Crippen LogP contribution in [0.15, 0.2) is 10.6 Å². The molecule has 1 rings (SSSR count). The van der Waals surface area contributed by atoms with Gasteiger partial charge in [0, 0.05) is 12.6 Å². The second-order valence-electron chi connectivity index (χ2n) is 3.80. The van der Waals surface area contributed by atoms with Gasteiger partial charge in [-0.3, -0.25) is 4.90 Å². The summed E-state index contributed by atoms with van der Waals surface area (Å²) in [7, 11) is 2.09. The SMILES string of the molecule is CCCN(C)Cc1cc(CNCC)no1. The van der Waals surface area contributed by atoms with Gasteiger partial charge >= 0.3 is 0 Å². The van der Waals surface area contributed by atoms with Crippen molar-refractivity contribution in [1.82, 2.24) is 15.4 Å². The van der Waals surface area contributed by atoms with Crippen LogP contribution in [0.1, 0.15) is 31.7 Å². The molecule has 1 aromatic rings. The van der Waals surface area contributed by atoms with Crippen molar-refractivity contribution in [1.29, 1.82) is 0 Å². The molecule has 15 heavy (non-hydrogen) atoms. The minimum absolute atomic E-state index is 0.789. The van der Waals surface area contributed by atoms with Gasteiger partial charge in [-0.2, -0.15) is 0 Å². The summed E-state index contributed by atoms with van der Waals surface area (Å²) in [6.07, 6.45) is 1.16. The monoisotopic (exact) mass is 211 g/mol. The summed E-state index contributed by atoms with van der Waals surface area (Å²) in [5.41, 5.74) is 0.983. The van der Waals surface area contributed by atoms with Crippen molar-refractivity contribution in [2.45, 2.75) is 33.4 Å². The number of nitrogens with zero attached hydrogens (tertiary/aromatic N) is 2. The Morgan fingerprint density at radius 1 is 1.47 bits per heavy atom. The molecule has 0 radical (unpaired) electrons. The third kappa shape index (κ3) is 4.44. The van der Waals surface area contributed by atoms with E-state index in [1.165, 1.54) is 0 Å². The van der Waals surface area contributed by atoms with Crippen molar-refractivity contribution in [3.63, 3.8) is 0 Å². The van der Waals surface area contributed by atoms with Gasteiger partial charge in [0.05, 0.1) is 12.2 Å². The lowest BCUT2D eigenvalue weighted by Gasteiger charge is -2.12. The van der Waals surface area contributed by atoms with Crippen LogP contribution in [0.4, 0.5) is 0 Å². The Morgan fingerprint density at radius 3 is 2.93 bits per heavy atom. The molecule has 0 bridgehead atoms. The Morgan fingerprint density at radius 2 is 2.27 bits per heavy atom. The zero-order valence-electron chi connectivity index (χ0n) is 9.92. The topological polar surface area (TPSA) is 41.3 Å². The van der Waals surface area contributed by atoms with E-state index in [4.69, 9.17) is 4.52 Å². The van der Waals surface area contributed by atoms with E-state index >= 15 is 0 Å². The van der Waals surface area contributed by atoms with Crippen molar-refractivity contribution in [2.24, 2.45) is 0 Å². The van der Waals surface area contributed by atoms with E-state index < -0.39 is 0 Å². The first-order chi connectivity index (χ1) is 7.26. The Balaban J connectivity index is 2.38. The Kier molecular flexibility index (Phi) is 5.36. The van der Waals surface area contributed by atoms with Gasteiger partial charge in [0.15, 0.2) is 5.76 Å². The van der Waals surface area contributed by atoms with E-state index in [1.807, 2.05) is 6.07 Å². The van der Waals surface area contributed by atoms with Gasteiger partial charge in [-0.25, -0.2) is 0 Å². The molecule has 1 heterocycles. The standard InChI is InChI=1S/C11H21N3O/c1-4-6-14(3)9-11-7-10(13-15-11)8-12-5-2/h7,12H,4-6,8-9H2,1-3H3. The first-order valence-electron chi connectivity index (χ1n) is 5.60. The molecular formula is C11H21N3O. The average Bonchev–Trinajstić information content (AvgIpc) is 2.63. The van der Waals surface area contributed by atoms with Crippen LogP contribution in [0, 0.1) is 0 Å². The molecule has 0 fully saturated rings. The normalized spacial score (nSPS) is 11.2. The minimum Gasteiger partial charge on any atom is -0.360 e. The number of hydrogen-bond donors (Lipinski definition) is 1. The first-order valence-corrected chi connectivity index (χ1v) is 5.60. The Labute approximate surface area is 91.6 Å². The van der Waals surface area contributed by atoms with E-state index in [0.717, 1.165) is 44.1 Å².